The number of hydrogen-bond donors (Lipinski definition) is 0. The van der Waals surface area contributed by atoms with Crippen molar-refractivity contribution in [1.29, 1.82) is 0 Å². The summed E-state index contributed by atoms with van der Waals surface area (Å²) in [6.07, 6.45) is 0. The van der Waals surface area contributed by atoms with Crippen molar-refractivity contribution in [3.05, 3.63) is 16.1 Å². The van der Waals surface area contributed by atoms with E-state index >= 15 is 0 Å². The van der Waals surface area contributed by atoms with Crippen molar-refractivity contribution in [3.8, 4) is 0 Å². The van der Waals surface area contributed by atoms with Crippen LogP contribution in [-0.2, 0) is 0 Å². The first-order valence-electron chi connectivity index (χ1n) is 1.88. The van der Waals surface area contributed by atoms with Crippen LogP contribution in [0.2, 0.25) is 5.15 Å². The first-order chi connectivity index (χ1) is 3.29. The van der Waals surface area contributed by atoms with Crippen LogP contribution in [0.25, 0.3) is 0 Å². The van der Waals surface area contributed by atoms with Gasteiger partial charge in [0, 0.05) is 4.88 Å². The van der Waals surface area contributed by atoms with Crippen LogP contribution in [0.3, 0.4) is 0 Å². The van der Waals surface area contributed by atoms with Gasteiger partial charge in [0.05, 0.1) is 0 Å². The monoisotopic (exact) mass is 133 g/mol. The molecule has 0 unspecified atom stereocenters. The summed E-state index contributed by atoms with van der Waals surface area (Å²) in [6, 6.07) is 1.84. The fourth-order valence-corrected chi connectivity index (χ4v) is 1.12. The first-order valence-corrected chi connectivity index (χ1v) is 3.03. The molecule has 0 saturated carbocycles. The fourth-order valence-electron chi connectivity index (χ4n) is 0.336. The molecule has 0 atom stereocenters. The lowest BCUT2D eigenvalue weighted by Crippen LogP contribution is -1.48. The second kappa shape index (κ2) is 1.80. The van der Waals surface area contributed by atoms with Gasteiger partial charge in [-0.2, -0.15) is 4.37 Å². The van der Waals surface area contributed by atoms with Gasteiger partial charge in [-0.15, -0.1) is 0 Å². The van der Waals surface area contributed by atoms with Crippen LogP contribution in [0.1, 0.15) is 4.88 Å². The van der Waals surface area contributed by atoms with E-state index in [1.54, 1.807) is 0 Å². The molecular weight excluding hydrogens is 130 g/mol. The molecule has 1 nitrogen and oxygen atoms in total. The lowest BCUT2D eigenvalue weighted by atomic mass is 10.6. The molecule has 0 amide bonds. The molecule has 0 aliphatic heterocycles. The van der Waals surface area contributed by atoms with Gasteiger partial charge in [-0.3, -0.25) is 0 Å². The van der Waals surface area contributed by atoms with E-state index in [1.165, 1.54) is 11.5 Å². The molecule has 38 valence electrons. The molecule has 1 heterocycles. The van der Waals surface area contributed by atoms with Gasteiger partial charge in [0.15, 0.2) is 0 Å². The zero-order chi connectivity index (χ0) is 5.28. The summed E-state index contributed by atoms with van der Waals surface area (Å²) in [7, 11) is 0. The van der Waals surface area contributed by atoms with Crippen LogP contribution < -0.4 is 0 Å². The highest BCUT2D eigenvalue weighted by molar-refractivity contribution is 7.06. The molecule has 0 aromatic carbocycles. The Morgan fingerprint density at radius 1 is 1.86 bits per heavy atom. The molecule has 0 fully saturated rings. The third-order valence-electron chi connectivity index (χ3n) is 0.599. The average Bonchev–Trinajstić information content (AvgIpc) is 1.87. The lowest BCUT2D eigenvalue weighted by Gasteiger charge is -1.64. The highest BCUT2D eigenvalue weighted by atomic mass is 35.5. The second-order valence-corrected chi connectivity index (χ2v) is 2.66. The molecule has 0 radical (unpaired) electrons. The summed E-state index contributed by atoms with van der Waals surface area (Å²) in [5.41, 5.74) is 0. The van der Waals surface area contributed by atoms with Crippen LogP contribution in [0.5, 0.6) is 0 Å². The third kappa shape index (κ3) is 1.14. The first kappa shape index (κ1) is 5.06. The van der Waals surface area contributed by atoms with Gasteiger partial charge in [0.25, 0.3) is 0 Å². The Balaban J connectivity index is 3.04. The average molecular weight is 134 g/mol. The maximum Gasteiger partial charge on any atom is 0.143 e. The standard InChI is InChI=1S/C4H4ClNS/c1-3-2-4(5)6-7-3/h2H,1H3. The van der Waals surface area contributed by atoms with Crippen LogP contribution in [0, 0.1) is 6.92 Å². The highest BCUT2D eigenvalue weighted by Gasteiger charge is 1.88. The topological polar surface area (TPSA) is 12.9 Å². The molecule has 0 aliphatic rings. The van der Waals surface area contributed by atoms with Crippen molar-refractivity contribution in [1.82, 2.24) is 4.37 Å². The maximum atomic E-state index is 5.46. The van der Waals surface area contributed by atoms with Gasteiger partial charge in [0.2, 0.25) is 0 Å². The van der Waals surface area contributed by atoms with Gasteiger partial charge >= 0.3 is 0 Å². The summed E-state index contributed by atoms with van der Waals surface area (Å²) in [5, 5.41) is 0.600. The Hall–Kier alpha value is -0.0800. The van der Waals surface area contributed by atoms with E-state index in [1.807, 2.05) is 13.0 Å². The molecular formula is C4H4ClNS. The lowest BCUT2D eigenvalue weighted by molar-refractivity contribution is 1.56. The number of aryl methyl sites for hydroxylation is 1. The molecule has 0 spiro atoms. The number of hydrogen-bond acceptors (Lipinski definition) is 2. The van der Waals surface area contributed by atoms with Gasteiger partial charge in [-0.05, 0) is 24.5 Å². The number of nitrogens with zero attached hydrogens (tertiary/aromatic N) is 1. The summed E-state index contributed by atoms with van der Waals surface area (Å²) in [4.78, 5) is 1.16. The predicted octanol–water partition coefficient (Wildman–Crippen LogP) is 2.10. The summed E-state index contributed by atoms with van der Waals surface area (Å²) in [6.45, 7) is 1.98. The summed E-state index contributed by atoms with van der Waals surface area (Å²) >= 11 is 6.88. The predicted molar refractivity (Wildman–Crippen MR) is 31.9 cm³/mol. The van der Waals surface area contributed by atoms with Crippen molar-refractivity contribution in [3.63, 3.8) is 0 Å². The summed E-state index contributed by atoms with van der Waals surface area (Å²) < 4.78 is 3.82. The summed E-state index contributed by atoms with van der Waals surface area (Å²) in [5.74, 6) is 0. The Bertz CT molecular complexity index is 144. The van der Waals surface area contributed by atoms with E-state index in [2.05, 4.69) is 4.37 Å². The number of rotatable bonds is 0. The second-order valence-electron chi connectivity index (χ2n) is 1.26. The molecule has 0 bridgehead atoms. The van der Waals surface area contributed by atoms with E-state index in [0.29, 0.717) is 5.15 Å². The molecule has 1 aromatic heterocycles. The van der Waals surface area contributed by atoms with E-state index in [-0.39, 0.29) is 0 Å². The zero-order valence-corrected chi connectivity index (χ0v) is 5.38. The minimum Gasteiger partial charge on any atom is -0.181 e. The normalized spacial score (nSPS) is 9.43. The van der Waals surface area contributed by atoms with E-state index in [0.717, 1.165) is 4.88 Å². The Labute approximate surface area is 51.1 Å². The maximum absolute atomic E-state index is 5.46. The van der Waals surface area contributed by atoms with Gasteiger partial charge in [-0.1, -0.05) is 11.6 Å². The van der Waals surface area contributed by atoms with Crippen molar-refractivity contribution in [2.24, 2.45) is 0 Å². The van der Waals surface area contributed by atoms with Crippen molar-refractivity contribution in [2.75, 3.05) is 0 Å². The zero-order valence-electron chi connectivity index (χ0n) is 3.81. The SMILES string of the molecule is Cc1cc(Cl)ns1. The smallest absolute Gasteiger partial charge is 0.143 e. The fraction of sp³-hybridized carbons (Fsp3) is 0.250. The van der Waals surface area contributed by atoms with Crippen LogP contribution >= 0.6 is 23.1 Å². The van der Waals surface area contributed by atoms with E-state index < -0.39 is 0 Å². The van der Waals surface area contributed by atoms with Crippen LogP contribution in [0.15, 0.2) is 6.07 Å². The van der Waals surface area contributed by atoms with Gasteiger partial charge < -0.3 is 0 Å². The minimum atomic E-state index is 0.600. The number of halogens is 1. The van der Waals surface area contributed by atoms with Crippen LogP contribution in [-0.4, -0.2) is 4.37 Å². The van der Waals surface area contributed by atoms with E-state index in [4.69, 9.17) is 11.6 Å². The third-order valence-corrected chi connectivity index (χ3v) is 1.59. The molecule has 3 heteroatoms. The van der Waals surface area contributed by atoms with Crippen molar-refractivity contribution < 1.29 is 0 Å². The molecule has 1 aromatic rings. The molecule has 7 heavy (non-hydrogen) atoms. The largest absolute Gasteiger partial charge is 0.181 e. The Kier molecular flexibility index (Phi) is 1.30. The molecule has 0 aliphatic carbocycles. The number of aromatic nitrogens is 1. The van der Waals surface area contributed by atoms with Gasteiger partial charge in [-0.25, -0.2) is 0 Å². The molecule has 0 N–H and O–H groups in total. The Morgan fingerprint density at radius 2 is 2.57 bits per heavy atom. The quantitative estimate of drug-likeness (QED) is 0.528. The van der Waals surface area contributed by atoms with E-state index in [9.17, 15) is 0 Å². The highest BCUT2D eigenvalue weighted by Crippen LogP contribution is 2.11. The minimum absolute atomic E-state index is 0.600. The Morgan fingerprint density at radius 3 is 2.71 bits per heavy atom. The van der Waals surface area contributed by atoms with Crippen molar-refractivity contribution >= 4 is 23.1 Å². The molecule has 0 saturated heterocycles. The van der Waals surface area contributed by atoms with Crippen LogP contribution in [0.4, 0.5) is 0 Å². The molecule has 1 rings (SSSR count). The van der Waals surface area contributed by atoms with Crippen molar-refractivity contribution in [2.45, 2.75) is 6.92 Å². The van der Waals surface area contributed by atoms with Gasteiger partial charge in [0.1, 0.15) is 5.15 Å².